The average Bonchev–Trinajstić information content (AvgIpc) is 2.56. The molecule has 7 heteroatoms. The SMILES string of the molecule is CCNC(=O)CNc1snc(N)c1OC. The maximum atomic E-state index is 11.2. The predicted octanol–water partition coefficient (Wildman–Crippen LogP) is 0.282. The van der Waals surface area contributed by atoms with Gasteiger partial charge in [0.1, 0.15) is 0 Å². The fraction of sp³-hybridized carbons (Fsp3) is 0.500. The molecule has 6 nitrogen and oxygen atoms in total. The standard InChI is InChI=1S/C8H14N4O2S/c1-3-10-5(13)4-11-8-6(14-2)7(9)12-15-8/h11H,3-4H2,1-2H3,(H2,9,12)(H,10,13). The molecule has 15 heavy (non-hydrogen) atoms. The van der Waals surface area contributed by atoms with Gasteiger partial charge in [0.05, 0.1) is 13.7 Å². The van der Waals surface area contributed by atoms with Crippen LogP contribution in [0.3, 0.4) is 0 Å². The molecule has 1 heterocycles. The fourth-order valence-corrected chi connectivity index (χ4v) is 1.70. The van der Waals surface area contributed by atoms with E-state index < -0.39 is 0 Å². The Bertz CT molecular complexity index is 339. The fourth-order valence-electron chi connectivity index (χ4n) is 1.02. The predicted molar refractivity (Wildman–Crippen MR) is 60.3 cm³/mol. The molecule has 0 unspecified atom stereocenters. The highest BCUT2D eigenvalue weighted by Gasteiger charge is 2.12. The second-order valence-electron chi connectivity index (χ2n) is 2.74. The monoisotopic (exact) mass is 230 g/mol. The quantitative estimate of drug-likeness (QED) is 0.676. The van der Waals surface area contributed by atoms with E-state index in [1.807, 2.05) is 6.92 Å². The summed E-state index contributed by atoms with van der Waals surface area (Å²) in [6.45, 7) is 2.66. The summed E-state index contributed by atoms with van der Waals surface area (Å²) < 4.78 is 8.95. The Balaban J connectivity index is 2.53. The van der Waals surface area contributed by atoms with Gasteiger partial charge in [-0.05, 0) is 18.5 Å². The Kier molecular flexibility index (Phi) is 4.17. The topological polar surface area (TPSA) is 89.3 Å². The third-order valence-electron chi connectivity index (χ3n) is 1.66. The number of carbonyl (C=O) groups is 1. The van der Waals surface area contributed by atoms with E-state index in [0.29, 0.717) is 23.1 Å². The third kappa shape index (κ3) is 2.98. The normalized spacial score (nSPS) is 9.73. The van der Waals surface area contributed by atoms with Crippen LogP contribution in [-0.2, 0) is 4.79 Å². The zero-order valence-corrected chi connectivity index (χ0v) is 9.48. The van der Waals surface area contributed by atoms with E-state index in [-0.39, 0.29) is 12.5 Å². The van der Waals surface area contributed by atoms with Gasteiger partial charge in [-0.3, -0.25) is 4.79 Å². The number of nitrogens with one attached hydrogen (secondary N) is 2. The minimum atomic E-state index is -0.0773. The first kappa shape index (κ1) is 11.6. The van der Waals surface area contributed by atoms with Crippen molar-refractivity contribution in [2.24, 2.45) is 0 Å². The van der Waals surface area contributed by atoms with E-state index in [0.717, 1.165) is 0 Å². The van der Waals surface area contributed by atoms with Crippen LogP contribution in [0.4, 0.5) is 10.8 Å². The number of ether oxygens (including phenoxy) is 1. The summed E-state index contributed by atoms with van der Waals surface area (Å²) in [5.74, 6) is 0.747. The van der Waals surface area contributed by atoms with Gasteiger partial charge >= 0.3 is 0 Å². The number of hydrogen-bond acceptors (Lipinski definition) is 6. The molecular weight excluding hydrogens is 216 g/mol. The molecule has 4 N–H and O–H groups in total. The molecule has 84 valence electrons. The summed E-state index contributed by atoms with van der Waals surface area (Å²) in [4.78, 5) is 11.2. The second-order valence-corrected chi connectivity index (χ2v) is 3.51. The van der Waals surface area contributed by atoms with Gasteiger partial charge in [-0.1, -0.05) is 0 Å². The Morgan fingerprint density at radius 3 is 3.00 bits per heavy atom. The number of likely N-dealkylation sites (N-methyl/N-ethyl adjacent to an activating group) is 1. The second kappa shape index (κ2) is 5.40. The van der Waals surface area contributed by atoms with Gasteiger partial charge in [0, 0.05) is 6.54 Å². The van der Waals surface area contributed by atoms with E-state index >= 15 is 0 Å². The first-order valence-electron chi connectivity index (χ1n) is 4.48. The van der Waals surface area contributed by atoms with Gasteiger partial charge in [0.2, 0.25) is 5.91 Å². The summed E-state index contributed by atoms with van der Waals surface area (Å²) in [7, 11) is 1.51. The lowest BCUT2D eigenvalue weighted by molar-refractivity contribution is -0.119. The van der Waals surface area contributed by atoms with Crippen LogP contribution in [0.2, 0.25) is 0 Å². The first-order chi connectivity index (χ1) is 7.19. The highest BCUT2D eigenvalue weighted by molar-refractivity contribution is 7.11. The van der Waals surface area contributed by atoms with Crippen LogP contribution in [0.25, 0.3) is 0 Å². The summed E-state index contributed by atoms with van der Waals surface area (Å²) in [5.41, 5.74) is 5.55. The van der Waals surface area contributed by atoms with Crippen molar-refractivity contribution in [1.82, 2.24) is 9.69 Å². The maximum absolute atomic E-state index is 11.2. The van der Waals surface area contributed by atoms with Gasteiger partial charge in [0.15, 0.2) is 16.6 Å². The molecule has 0 saturated carbocycles. The van der Waals surface area contributed by atoms with E-state index in [4.69, 9.17) is 10.5 Å². The van der Waals surface area contributed by atoms with Crippen LogP contribution in [0.15, 0.2) is 0 Å². The van der Waals surface area contributed by atoms with Crippen molar-refractivity contribution >= 4 is 28.3 Å². The molecule has 0 aliphatic rings. The molecule has 1 rings (SSSR count). The molecule has 0 saturated heterocycles. The van der Waals surface area contributed by atoms with Gasteiger partial charge in [-0.2, -0.15) is 4.37 Å². The number of hydrogen-bond donors (Lipinski definition) is 3. The molecule has 0 radical (unpaired) electrons. The van der Waals surface area contributed by atoms with Crippen LogP contribution < -0.4 is 21.1 Å². The molecule has 0 bridgehead atoms. The number of rotatable bonds is 5. The molecule has 1 amide bonds. The highest BCUT2D eigenvalue weighted by Crippen LogP contribution is 2.34. The number of anilines is 2. The van der Waals surface area contributed by atoms with E-state index in [9.17, 15) is 4.79 Å². The Hall–Kier alpha value is -1.50. The number of carbonyl (C=O) groups excluding carboxylic acids is 1. The number of amides is 1. The number of aromatic nitrogens is 1. The van der Waals surface area contributed by atoms with Crippen molar-refractivity contribution in [2.45, 2.75) is 6.92 Å². The van der Waals surface area contributed by atoms with Crippen molar-refractivity contribution in [2.75, 3.05) is 31.2 Å². The molecule has 0 aliphatic carbocycles. The first-order valence-corrected chi connectivity index (χ1v) is 5.26. The minimum Gasteiger partial charge on any atom is -0.490 e. The lowest BCUT2D eigenvalue weighted by Gasteiger charge is -2.05. The summed E-state index contributed by atoms with van der Waals surface area (Å²) in [6.07, 6.45) is 0. The zero-order chi connectivity index (χ0) is 11.3. The Morgan fingerprint density at radius 2 is 2.40 bits per heavy atom. The molecule has 0 aromatic carbocycles. The van der Waals surface area contributed by atoms with Crippen molar-refractivity contribution in [3.63, 3.8) is 0 Å². The van der Waals surface area contributed by atoms with E-state index in [1.165, 1.54) is 18.6 Å². The van der Waals surface area contributed by atoms with Crippen molar-refractivity contribution in [3.05, 3.63) is 0 Å². The molecule has 1 aromatic rings. The molecule has 0 spiro atoms. The summed E-state index contributed by atoms with van der Waals surface area (Å²) >= 11 is 1.17. The van der Waals surface area contributed by atoms with Gasteiger partial charge in [-0.15, -0.1) is 0 Å². The van der Waals surface area contributed by atoms with Gasteiger partial charge in [0.25, 0.3) is 0 Å². The Labute approximate surface area is 92.0 Å². The number of nitrogens with two attached hydrogens (primary N) is 1. The molecule has 0 fully saturated rings. The summed E-state index contributed by atoms with van der Waals surface area (Å²) in [6, 6.07) is 0. The third-order valence-corrected chi connectivity index (χ3v) is 2.46. The van der Waals surface area contributed by atoms with Crippen LogP contribution in [0.1, 0.15) is 6.92 Å². The van der Waals surface area contributed by atoms with Crippen LogP contribution >= 0.6 is 11.5 Å². The van der Waals surface area contributed by atoms with Crippen molar-refractivity contribution in [1.29, 1.82) is 0 Å². The molecule has 1 aromatic heterocycles. The molecule has 0 aliphatic heterocycles. The van der Waals surface area contributed by atoms with Crippen LogP contribution in [0.5, 0.6) is 5.75 Å². The van der Waals surface area contributed by atoms with Gasteiger partial charge < -0.3 is 21.1 Å². The lowest BCUT2D eigenvalue weighted by atomic mass is 10.5. The largest absolute Gasteiger partial charge is 0.490 e. The number of nitrogens with zero attached hydrogens (tertiary/aromatic N) is 1. The van der Waals surface area contributed by atoms with Crippen LogP contribution in [0, 0.1) is 0 Å². The minimum absolute atomic E-state index is 0.0773. The average molecular weight is 230 g/mol. The van der Waals surface area contributed by atoms with Crippen molar-refractivity contribution in [3.8, 4) is 5.75 Å². The Morgan fingerprint density at radius 1 is 1.67 bits per heavy atom. The number of nitrogen functional groups attached to an aromatic ring is 1. The number of methoxy groups -OCH3 is 1. The summed E-state index contributed by atoms with van der Waals surface area (Å²) in [5, 5.41) is 6.25. The molecule has 0 atom stereocenters. The smallest absolute Gasteiger partial charge is 0.239 e. The zero-order valence-electron chi connectivity index (χ0n) is 8.66. The highest BCUT2D eigenvalue weighted by atomic mass is 32.1. The van der Waals surface area contributed by atoms with E-state index in [1.54, 1.807) is 0 Å². The molecular formula is C8H14N4O2S. The maximum Gasteiger partial charge on any atom is 0.239 e. The van der Waals surface area contributed by atoms with E-state index in [2.05, 4.69) is 15.0 Å². The van der Waals surface area contributed by atoms with Gasteiger partial charge in [-0.25, -0.2) is 0 Å². The lowest BCUT2D eigenvalue weighted by Crippen LogP contribution is -2.29. The van der Waals surface area contributed by atoms with Crippen molar-refractivity contribution < 1.29 is 9.53 Å². The van der Waals surface area contributed by atoms with Crippen LogP contribution in [-0.4, -0.2) is 30.5 Å².